The van der Waals surface area contributed by atoms with Crippen LogP contribution in [0.15, 0.2) is 29.4 Å². The van der Waals surface area contributed by atoms with Gasteiger partial charge in [-0.15, -0.1) is 0 Å². The molecule has 6 N–H and O–H groups in total. The highest BCUT2D eigenvalue weighted by Crippen LogP contribution is 2.13. The van der Waals surface area contributed by atoms with Crippen LogP contribution in [0.2, 0.25) is 0 Å². The van der Waals surface area contributed by atoms with Crippen molar-refractivity contribution < 1.29 is 4.79 Å². The molecule has 98 valence electrons. The van der Waals surface area contributed by atoms with E-state index in [9.17, 15) is 4.79 Å². The summed E-state index contributed by atoms with van der Waals surface area (Å²) in [6.07, 6.45) is 0. The second-order valence-corrected chi connectivity index (χ2v) is 3.79. The van der Waals surface area contributed by atoms with Gasteiger partial charge in [0.1, 0.15) is 11.8 Å². The topological polar surface area (TPSA) is 141 Å². The number of rotatable bonds is 4. The first-order chi connectivity index (χ1) is 8.99. The highest BCUT2D eigenvalue weighted by Gasteiger charge is 2.19. The lowest BCUT2D eigenvalue weighted by atomic mass is 9.97. The van der Waals surface area contributed by atoms with Gasteiger partial charge in [0.2, 0.25) is 5.91 Å². The standard InChI is InChI=1S/C12H14N6O/c1-7(19)17-9-4-2-8(3-5-9)11(14)10(6-13)12(15)18-16/h2-5,10,14H,16H2,1H3,(H2,15,18)(H,17,19). The minimum Gasteiger partial charge on any atom is -0.384 e. The Labute approximate surface area is 110 Å². The van der Waals surface area contributed by atoms with Crippen LogP contribution in [0.1, 0.15) is 12.5 Å². The lowest BCUT2D eigenvalue weighted by molar-refractivity contribution is -0.114. The normalized spacial score (nSPS) is 12.3. The number of amides is 1. The van der Waals surface area contributed by atoms with Crippen LogP contribution in [0.25, 0.3) is 0 Å². The van der Waals surface area contributed by atoms with E-state index in [-0.39, 0.29) is 17.5 Å². The molecule has 1 aromatic rings. The molecule has 0 radical (unpaired) electrons. The molecule has 1 unspecified atom stereocenters. The Balaban J connectivity index is 2.95. The van der Waals surface area contributed by atoms with Gasteiger partial charge in [0.05, 0.1) is 11.8 Å². The molecule has 7 nitrogen and oxygen atoms in total. The Hall–Kier alpha value is -2.88. The zero-order valence-electron chi connectivity index (χ0n) is 10.3. The van der Waals surface area contributed by atoms with Crippen molar-refractivity contribution in [3.8, 4) is 6.07 Å². The summed E-state index contributed by atoms with van der Waals surface area (Å²) in [4.78, 5) is 10.9. The van der Waals surface area contributed by atoms with Crippen LogP contribution in [0.3, 0.4) is 0 Å². The van der Waals surface area contributed by atoms with Crippen molar-refractivity contribution in [3.05, 3.63) is 29.8 Å². The minimum atomic E-state index is -0.989. The van der Waals surface area contributed by atoms with Crippen molar-refractivity contribution in [2.45, 2.75) is 6.92 Å². The number of hydrazone groups is 1. The van der Waals surface area contributed by atoms with Gasteiger partial charge in [0.15, 0.2) is 0 Å². The van der Waals surface area contributed by atoms with Crippen molar-refractivity contribution in [2.24, 2.45) is 22.6 Å². The van der Waals surface area contributed by atoms with E-state index in [4.69, 9.17) is 22.2 Å². The smallest absolute Gasteiger partial charge is 0.221 e. The number of hydrogen-bond donors (Lipinski definition) is 4. The molecule has 19 heavy (non-hydrogen) atoms. The number of carbonyl (C=O) groups is 1. The first kappa shape index (κ1) is 14.2. The summed E-state index contributed by atoms with van der Waals surface area (Å²) in [6.45, 7) is 1.40. The fourth-order valence-electron chi connectivity index (χ4n) is 1.46. The van der Waals surface area contributed by atoms with Crippen LogP contribution in [-0.2, 0) is 4.79 Å². The third kappa shape index (κ3) is 3.54. The van der Waals surface area contributed by atoms with Gasteiger partial charge in [0.25, 0.3) is 0 Å². The second kappa shape index (κ2) is 6.16. The van der Waals surface area contributed by atoms with Gasteiger partial charge >= 0.3 is 0 Å². The predicted molar refractivity (Wildman–Crippen MR) is 72.5 cm³/mol. The van der Waals surface area contributed by atoms with Gasteiger partial charge in [-0.25, -0.2) is 0 Å². The van der Waals surface area contributed by atoms with Gasteiger partial charge in [-0.3, -0.25) is 4.79 Å². The Morgan fingerprint density at radius 1 is 1.47 bits per heavy atom. The van der Waals surface area contributed by atoms with E-state index in [1.54, 1.807) is 24.3 Å². The molecule has 0 saturated heterocycles. The van der Waals surface area contributed by atoms with Crippen molar-refractivity contribution in [1.82, 2.24) is 0 Å². The summed E-state index contributed by atoms with van der Waals surface area (Å²) >= 11 is 0. The first-order valence-electron chi connectivity index (χ1n) is 5.39. The number of benzene rings is 1. The Kier molecular flexibility index (Phi) is 4.60. The molecule has 0 aromatic heterocycles. The fourth-order valence-corrected chi connectivity index (χ4v) is 1.46. The van der Waals surface area contributed by atoms with Gasteiger partial charge in [0, 0.05) is 12.6 Å². The molecule has 7 heteroatoms. The molecular weight excluding hydrogens is 244 g/mol. The van der Waals surface area contributed by atoms with Gasteiger partial charge in [-0.1, -0.05) is 12.1 Å². The van der Waals surface area contributed by atoms with E-state index >= 15 is 0 Å². The number of anilines is 1. The van der Waals surface area contributed by atoms with Gasteiger partial charge < -0.3 is 22.3 Å². The van der Waals surface area contributed by atoms with E-state index in [1.165, 1.54) is 6.92 Å². The predicted octanol–water partition coefficient (Wildman–Crippen LogP) is 0.384. The summed E-state index contributed by atoms with van der Waals surface area (Å²) in [7, 11) is 0. The number of amidine groups is 1. The average molecular weight is 258 g/mol. The summed E-state index contributed by atoms with van der Waals surface area (Å²) in [6, 6.07) is 8.36. The quantitative estimate of drug-likeness (QED) is 0.268. The lowest BCUT2D eigenvalue weighted by Crippen LogP contribution is -2.30. The van der Waals surface area contributed by atoms with Crippen molar-refractivity contribution >= 4 is 23.1 Å². The maximum atomic E-state index is 10.9. The zero-order chi connectivity index (χ0) is 14.4. The van der Waals surface area contributed by atoms with Crippen molar-refractivity contribution in [3.63, 3.8) is 0 Å². The highest BCUT2D eigenvalue weighted by atomic mass is 16.1. The molecule has 1 rings (SSSR count). The number of nitrogens with one attached hydrogen (secondary N) is 2. The second-order valence-electron chi connectivity index (χ2n) is 3.79. The molecule has 0 aliphatic carbocycles. The Morgan fingerprint density at radius 3 is 2.47 bits per heavy atom. The molecule has 1 aromatic carbocycles. The van der Waals surface area contributed by atoms with Gasteiger partial charge in [-0.05, 0) is 17.7 Å². The fraction of sp³-hybridized carbons (Fsp3) is 0.167. The number of nitrogens with two attached hydrogens (primary N) is 2. The van der Waals surface area contributed by atoms with Gasteiger partial charge in [-0.2, -0.15) is 10.4 Å². The van der Waals surface area contributed by atoms with Crippen LogP contribution in [0.4, 0.5) is 5.69 Å². The molecule has 0 fully saturated rings. The third-order valence-electron chi connectivity index (χ3n) is 2.38. The highest BCUT2D eigenvalue weighted by molar-refractivity contribution is 6.14. The van der Waals surface area contributed by atoms with E-state index in [2.05, 4.69) is 10.4 Å². The average Bonchev–Trinajstić information content (AvgIpc) is 2.39. The van der Waals surface area contributed by atoms with E-state index < -0.39 is 5.92 Å². The molecule has 1 atom stereocenters. The van der Waals surface area contributed by atoms with Crippen LogP contribution in [0.5, 0.6) is 0 Å². The lowest BCUT2D eigenvalue weighted by Gasteiger charge is -2.10. The maximum Gasteiger partial charge on any atom is 0.221 e. The SMILES string of the molecule is CC(=O)Nc1ccc(C(=N)C(C#N)C(N)=NN)cc1. The summed E-state index contributed by atoms with van der Waals surface area (Å²) in [5.41, 5.74) is 6.59. The number of nitrogens with zero attached hydrogens (tertiary/aromatic N) is 2. The number of carbonyl (C=O) groups excluding carboxylic acids is 1. The van der Waals surface area contributed by atoms with Crippen LogP contribution >= 0.6 is 0 Å². The Morgan fingerprint density at radius 2 is 2.05 bits per heavy atom. The van der Waals surface area contributed by atoms with Crippen LogP contribution < -0.4 is 16.9 Å². The molecule has 0 aliphatic heterocycles. The molecule has 0 bridgehead atoms. The minimum absolute atomic E-state index is 0.00331. The molecule has 0 saturated carbocycles. The molecule has 0 aliphatic rings. The largest absolute Gasteiger partial charge is 0.384 e. The third-order valence-corrected chi connectivity index (χ3v) is 2.38. The van der Waals surface area contributed by atoms with Crippen molar-refractivity contribution in [2.75, 3.05) is 5.32 Å². The molecular formula is C12H14N6O. The van der Waals surface area contributed by atoms with Crippen LogP contribution in [0, 0.1) is 22.7 Å². The molecule has 1 amide bonds. The van der Waals surface area contributed by atoms with E-state index in [0.29, 0.717) is 11.3 Å². The zero-order valence-corrected chi connectivity index (χ0v) is 10.3. The summed E-state index contributed by atoms with van der Waals surface area (Å²) < 4.78 is 0. The van der Waals surface area contributed by atoms with E-state index in [0.717, 1.165) is 0 Å². The molecule has 0 spiro atoms. The van der Waals surface area contributed by atoms with E-state index in [1.807, 2.05) is 6.07 Å². The maximum absolute atomic E-state index is 10.9. The Bertz CT molecular complexity index is 555. The number of hydrogen-bond acceptors (Lipinski definition) is 5. The number of nitriles is 1. The summed E-state index contributed by atoms with van der Waals surface area (Å²) in [5, 5.41) is 22.7. The molecule has 0 heterocycles. The monoisotopic (exact) mass is 258 g/mol. The van der Waals surface area contributed by atoms with Crippen molar-refractivity contribution in [1.29, 1.82) is 10.7 Å². The van der Waals surface area contributed by atoms with Crippen LogP contribution in [-0.4, -0.2) is 17.5 Å². The first-order valence-corrected chi connectivity index (χ1v) is 5.39. The summed E-state index contributed by atoms with van der Waals surface area (Å²) in [5.74, 6) is 3.73.